The van der Waals surface area contributed by atoms with Gasteiger partial charge in [-0.2, -0.15) is 0 Å². The van der Waals surface area contributed by atoms with Gasteiger partial charge in [0.25, 0.3) is 0 Å². The van der Waals surface area contributed by atoms with E-state index >= 15 is 0 Å². The number of hydrogen-bond donors (Lipinski definition) is 2. The highest BCUT2D eigenvalue weighted by Crippen LogP contribution is 2.31. The summed E-state index contributed by atoms with van der Waals surface area (Å²) in [6, 6.07) is 7.37. The Balaban J connectivity index is 0.00000242. The fourth-order valence-electron chi connectivity index (χ4n) is 1.89. The van der Waals surface area contributed by atoms with Crippen LogP contribution in [0.2, 0.25) is 5.02 Å². The number of carbonyl (C=O) groups excluding carboxylic acids is 1. The summed E-state index contributed by atoms with van der Waals surface area (Å²) in [5, 5.41) is 12.4. The molecule has 1 heterocycles. The van der Waals surface area contributed by atoms with Crippen molar-refractivity contribution in [2.75, 3.05) is 5.32 Å². The summed E-state index contributed by atoms with van der Waals surface area (Å²) in [5.41, 5.74) is 5.87. The van der Waals surface area contributed by atoms with E-state index in [2.05, 4.69) is 15.5 Å². The topological polar surface area (TPSA) is 80.9 Å². The Morgan fingerprint density at radius 3 is 2.73 bits per heavy atom. The first-order valence-electron chi connectivity index (χ1n) is 6.63. The van der Waals surface area contributed by atoms with Gasteiger partial charge in [-0.3, -0.25) is 10.1 Å². The van der Waals surface area contributed by atoms with Crippen molar-refractivity contribution in [3.8, 4) is 10.6 Å². The van der Waals surface area contributed by atoms with Gasteiger partial charge in [-0.25, -0.2) is 0 Å². The van der Waals surface area contributed by atoms with E-state index in [0.717, 1.165) is 12.0 Å². The molecule has 0 aliphatic heterocycles. The molecule has 0 aliphatic rings. The minimum Gasteiger partial charge on any atom is -0.318 e. The Kier molecular flexibility index (Phi) is 6.74. The Bertz CT molecular complexity index is 645. The zero-order chi connectivity index (χ0) is 15.5. The van der Waals surface area contributed by atoms with Crippen molar-refractivity contribution in [1.29, 1.82) is 0 Å². The van der Waals surface area contributed by atoms with E-state index in [-0.39, 0.29) is 18.3 Å². The Labute approximate surface area is 144 Å². The normalized spacial score (nSPS) is 13.1. The standard InChI is InChI=1S/C14H17ClN4OS.ClH/c1-3-8-14(2,16)12(20)17-13-19-18-11(21-13)9-6-4-5-7-10(9)15;/h4-7H,3,8,16H2,1-2H3,(H,17,19,20);1H. The lowest BCUT2D eigenvalue weighted by atomic mass is 9.97. The van der Waals surface area contributed by atoms with Crippen LogP contribution in [0.5, 0.6) is 0 Å². The second kappa shape index (κ2) is 7.87. The molecular formula is C14H18Cl2N4OS. The van der Waals surface area contributed by atoms with Crippen molar-refractivity contribution in [1.82, 2.24) is 10.2 Å². The molecule has 5 nitrogen and oxygen atoms in total. The summed E-state index contributed by atoms with van der Waals surface area (Å²) in [6.07, 6.45) is 1.44. The molecule has 0 aliphatic carbocycles. The predicted molar refractivity (Wildman–Crippen MR) is 93.7 cm³/mol. The number of anilines is 1. The van der Waals surface area contributed by atoms with Crippen LogP contribution >= 0.6 is 35.3 Å². The molecule has 22 heavy (non-hydrogen) atoms. The molecule has 0 saturated heterocycles. The van der Waals surface area contributed by atoms with E-state index in [0.29, 0.717) is 21.6 Å². The Morgan fingerprint density at radius 2 is 2.09 bits per heavy atom. The van der Waals surface area contributed by atoms with Crippen molar-refractivity contribution in [3.05, 3.63) is 29.3 Å². The van der Waals surface area contributed by atoms with E-state index in [4.69, 9.17) is 17.3 Å². The van der Waals surface area contributed by atoms with Crippen LogP contribution in [0.25, 0.3) is 10.6 Å². The molecule has 3 N–H and O–H groups in total. The molecule has 2 aromatic rings. The van der Waals surface area contributed by atoms with Gasteiger partial charge in [-0.15, -0.1) is 22.6 Å². The number of amides is 1. The largest absolute Gasteiger partial charge is 0.318 e. The number of halogens is 2. The van der Waals surface area contributed by atoms with Crippen LogP contribution in [0.15, 0.2) is 24.3 Å². The smallest absolute Gasteiger partial charge is 0.245 e. The first-order valence-corrected chi connectivity index (χ1v) is 7.82. The molecule has 1 amide bonds. The minimum absolute atomic E-state index is 0. The maximum Gasteiger partial charge on any atom is 0.245 e. The van der Waals surface area contributed by atoms with Gasteiger partial charge in [-0.1, -0.05) is 54.5 Å². The Morgan fingerprint density at radius 1 is 1.41 bits per heavy atom. The number of carbonyl (C=O) groups is 1. The average molecular weight is 361 g/mol. The molecule has 0 saturated carbocycles. The summed E-state index contributed by atoms with van der Waals surface area (Å²) < 4.78 is 0. The zero-order valence-corrected chi connectivity index (χ0v) is 14.7. The maximum atomic E-state index is 12.1. The molecular weight excluding hydrogens is 343 g/mol. The van der Waals surface area contributed by atoms with Crippen LogP contribution in [0.3, 0.4) is 0 Å². The van der Waals surface area contributed by atoms with Gasteiger partial charge in [0.15, 0.2) is 5.01 Å². The number of benzene rings is 1. The van der Waals surface area contributed by atoms with Crippen LogP contribution in [0.1, 0.15) is 26.7 Å². The van der Waals surface area contributed by atoms with Crippen LogP contribution in [-0.4, -0.2) is 21.6 Å². The average Bonchev–Trinajstić information content (AvgIpc) is 2.87. The number of rotatable bonds is 5. The van der Waals surface area contributed by atoms with Gasteiger partial charge in [-0.05, 0) is 19.4 Å². The number of nitrogens with zero attached hydrogens (tertiary/aromatic N) is 2. The van der Waals surface area contributed by atoms with Gasteiger partial charge in [0.2, 0.25) is 11.0 Å². The van der Waals surface area contributed by atoms with Crippen LogP contribution in [-0.2, 0) is 4.79 Å². The highest BCUT2D eigenvalue weighted by atomic mass is 35.5. The van der Waals surface area contributed by atoms with Crippen LogP contribution in [0, 0.1) is 0 Å². The fourth-order valence-corrected chi connectivity index (χ4v) is 2.95. The maximum absolute atomic E-state index is 12.1. The van der Waals surface area contributed by atoms with Crippen molar-refractivity contribution >= 4 is 46.4 Å². The van der Waals surface area contributed by atoms with Crippen LogP contribution < -0.4 is 11.1 Å². The summed E-state index contributed by atoms with van der Waals surface area (Å²) in [5.74, 6) is -0.258. The van der Waals surface area contributed by atoms with E-state index < -0.39 is 5.54 Å². The zero-order valence-electron chi connectivity index (χ0n) is 12.3. The van der Waals surface area contributed by atoms with E-state index in [1.54, 1.807) is 13.0 Å². The van der Waals surface area contributed by atoms with E-state index in [9.17, 15) is 4.79 Å². The lowest BCUT2D eigenvalue weighted by Crippen LogP contribution is -2.48. The van der Waals surface area contributed by atoms with E-state index in [1.165, 1.54) is 11.3 Å². The summed E-state index contributed by atoms with van der Waals surface area (Å²) >= 11 is 7.39. The second-order valence-corrected chi connectivity index (χ2v) is 6.40. The molecule has 0 fully saturated rings. The van der Waals surface area contributed by atoms with Gasteiger partial charge < -0.3 is 5.73 Å². The fraction of sp³-hybridized carbons (Fsp3) is 0.357. The van der Waals surface area contributed by atoms with E-state index in [1.807, 2.05) is 25.1 Å². The number of aromatic nitrogens is 2. The SMILES string of the molecule is CCCC(C)(N)C(=O)Nc1nnc(-c2ccccc2Cl)s1.Cl. The molecule has 0 spiro atoms. The number of hydrogen-bond acceptors (Lipinski definition) is 5. The lowest BCUT2D eigenvalue weighted by molar-refractivity contribution is -0.120. The quantitative estimate of drug-likeness (QED) is 0.850. The van der Waals surface area contributed by atoms with Crippen molar-refractivity contribution in [2.45, 2.75) is 32.2 Å². The molecule has 1 aromatic carbocycles. The predicted octanol–water partition coefficient (Wildman–Crippen LogP) is 3.74. The van der Waals surface area contributed by atoms with Crippen molar-refractivity contribution < 1.29 is 4.79 Å². The first kappa shape index (κ1) is 18.8. The monoisotopic (exact) mass is 360 g/mol. The third kappa shape index (κ3) is 4.39. The van der Waals surface area contributed by atoms with Gasteiger partial charge in [0.05, 0.1) is 10.6 Å². The summed E-state index contributed by atoms with van der Waals surface area (Å²) in [7, 11) is 0. The molecule has 120 valence electrons. The second-order valence-electron chi connectivity index (χ2n) is 5.01. The number of nitrogens with one attached hydrogen (secondary N) is 1. The van der Waals surface area contributed by atoms with Gasteiger partial charge in [0.1, 0.15) is 0 Å². The molecule has 1 unspecified atom stereocenters. The minimum atomic E-state index is -0.912. The van der Waals surface area contributed by atoms with Crippen molar-refractivity contribution in [2.24, 2.45) is 5.73 Å². The van der Waals surface area contributed by atoms with Crippen LogP contribution in [0.4, 0.5) is 5.13 Å². The number of nitrogens with two attached hydrogens (primary N) is 1. The van der Waals surface area contributed by atoms with Gasteiger partial charge >= 0.3 is 0 Å². The van der Waals surface area contributed by atoms with Crippen molar-refractivity contribution in [3.63, 3.8) is 0 Å². The lowest BCUT2D eigenvalue weighted by Gasteiger charge is -2.21. The summed E-state index contributed by atoms with van der Waals surface area (Å²) in [6.45, 7) is 3.70. The third-order valence-electron chi connectivity index (χ3n) is 3.04. The molecule has 1 aromatic heterocycles. The summed E-state index contributed by atoms with van der Waals surface area (Å²) in [4.78, 5) is 12.1. The molecule has 1 atom stereocenters. The third-order valence-corrected chi connectivity index (χ3v) is 4.24. The molecule has 0 bridgehead atoms. The molecule has 0 radical (unpaired) electrons. The molecule has 2 rings (SSSR count). The molecule has 8 heteroatoms. The highest BCUT2D eigenvalue weighted by molar-refractivity contribution is 7.18. The Hall–Kier alpha value is -1.21. The first-order chi connectivity index (χ1) is 9.94. The highest BCUT2D eigenvalue weighted by Gasteiger charge is 2.28. The van der Waals surface area contributed by atoms with Gasteiger partial charge in [0, 0.05) is 5.56 Å².